The number of benzene rings is 1. The zero-order chi connectivity index (χ0) is 20.5. The maximum Gasteiger partial charge on any atom is 0.265 e. The van der Waals surface area contributed by atoms with E-state index >= 15 is 0 Å². The first kappa shape index (κ1) is 20.8. The highest BCUT2D eigenvalue weighted by molar-refractivity contribution is 9.10. The van der Waals surface area contributed by atoms with Crippen LogP contribution in [0.3, 0.4) is 0 Å². The lowest BCUT2D eigenvalue weighted by molar-refractivity contribution is -0.116. The molecule has 1 unspecified atom stereocenters. The summed E-state index contributed by atoms with van der Waals surface area (Å²) in [6.07, 6.45) is 3.43. The van der Waals surface area contributed by atoms with Crippen LogP contribution in [0.4, 0.5) is 5.69 Å². The molecule has 0 spiro atoms. The molecule has 28 heavy (non-hydrogen) atoms. The Hall–Kier alpha value is -1.94. The lowest BCUT2D eigenvalue weighted by Crippen LogP contribution is -2.41. The highest BCUT2D eigenvalue weighted by atomic mass is 79.9. The van der Waals surface area contributed by atoms with Gasteiger partial charge in [-0.05, 0) is 53.4 Å². The molecule has 1 atom stereocenters. The molecule has 0 saturated carbocycles. The topological polar surface area (TPSA) is 94.4 Å². The van der Waals surface area contributed by atoms with Gasteiger partial charge < -0.3 is 4.90 Å². The van der Waals surface area contributed by atoms with Crippen molar-refractivity contribution in [3.63, 3.8) is 0 Å². The van der Waals surface area contributed by atoms with Crippen LogP contribution in [0.5, 0.6) is 0 Å². The van der Waals surface area contributed by atoms with E-state index in [-0.39, 0.29) is 22.7 Å². The molecule has 2 aliphatic heterocycles. The van der Waals surface area contributed by atoms with E-state index in [0.29, 0.717) is 36.2 Å². The van der Waals surface area contributed by atoms with E-state index < -0.39 is 10.0 Å². The van der Waals surface area contributed by atoms with Crippen molar-refractivity contribution in [1.29, 1.82) is 0 Å². The van der Waals surface area contributed by atoms with Crippen molar-refractivity contribution in [2.45, 2.75) is 38.5 Å². The molecule has 10 heteroatoms. The van der Waals surface area contributed by atoms with Gasteiger partial charge in [0.25, 0.3) is 10.0 Å². The average Bonchev–Trinajstić information content (AvgIpc) is 3.26. The highest BCUT2D eigenvalue weighted by Gasteiger charge is 2.30. The molecule has 0 bridgehead atoms. The summed E-state index contributed by atoms with van der Waals surface area (Å²) in [6, 6.07) is 3.31. The quantitative estimate of drug-likeness (QED) is 0.540. The zero-order valence-corrected chi connectivity index (χ0v) is 18.5. The molecule has 8 nitrogen and oxygen atoms in total. The summed E-state index contributed by atoms with van der Waals surface area (Å²) >= 11 is 3.37. The number of nitrogens with zero attached hydrogens (tertiary/aromatic N) is 4. The Bertz CT molecular complexity index is 945. The molecular formula is C18H24BrN5O3S. The van der Waals surface area contributed by atoms with E-state index in [1.165, 1.54) is 6.92 Å². The lowest BCUT2D eigenvalue weighted by Gasteiger charge is -2.20. The molecule has 0 radical (unpaired) electrons. The van der Waals surface area contributed by atoms with Crippen molar-refractivity contribution in [3.8, 4) is 0 Å². The minimum Gasteiger partial charge on any atom is -0.312 e. The van der Waals surface area contributed by atoms with E-state index in [0.717, 1.165) is 12.0 Å². The normalized spacial score (nSPS) is 19.3. The van der Waals surface area contributed by atoms with Gasteiger partial charge in [-0.1, -0.05) is 6.92 Å². The van der Waals surface area contributed by atoms with E-state index in [9.17, 15) is 13.2 Å². The zero-order valence-electron chi connectivity index (χ0n) is 16.1. The molecule has 1 amide bonds. The summed E-state index contributed by atoms with van der Waals surface area (Å²) in [5.41, 5.74) is 1.58. The fraction of sp³-hybridized carbons (Fsp3) is 0.500. The van der Waals surface area contributed by atoms with Crippen LogP contribution in [-0.2, 0) is 21.2 Å². The number of sulfonamides is 1. The Balaban J connectivity index is 1.92. The van der Waals surface area contributed by atoms with E-state index in [2.05, 4.69) is 37.7 Å². The van der Waals surface area contributed by atoms with Crippen LogP contribution in [0.25, 0.3) is 0 Å². The van der Waals surface area contributed by atoms with Crippen molar-refractivity contribution in [1.82, 2.24) is 9.73 Å². The second-order valence-electron chi connectivity index (χ2n) is 6.75. The maximum absolute atomic E-state index is 13.1. The SMILES string of the molecule is CCN=C(NS(=O)(=O)c1cc2c(cc1Br)CCN2C(C)=O)N1CC(CC)C=N1. The van der Waals surface area contributed by atoms with Crippen LogP contribution < -0.4 is 9.62 Å². The van der Waals surface area contributed by atoms with Crippen LogP contribution in [0.15, 0.2) is 31.6 Å². The molecule has 2 heterocycles. The van der Waals surface area contributed by atoms with Gasteiger partial charge in [-0.2, -0.15) is 5.10 Å². The highest BCUT2D eigenvalue weighted by Crippen LogP contribution is 2.35. The number of nitrogens with one attached hydrogen (secondary N) is 1. The first-order valence-electron chi connectivity index (χ1n) is 9.26. The van der Waals surface area contributed by atoms with Crippen LogP contribution in [0.2, 0.25) is 0 Å². The second-order valence-corrected chi connectivity index (χ2v) is 9.26. The Morgan fingerprint density at radius 2 is 2.14 bits per heavy atom. The maximum atomic E-state index is 13.1. The fourth-order valence-corrected chi connectivity index (χ4v) is 5.41. The number of carbonyl (C=O) groups is 1. The van der Waals surface area contributed by atoms with Gasteiger partial charge in [-0.25, -0.2) is 18.1 Å². The van der Waals surface area contributed by atoms with Gasteiger partial charge in [0.2, 0.25) is 11.9 Å². The lowest BCUT2D eigenvalue weighted by atomic mass is 10.1. The van der Waals surface area contributed by atoms with Crippen LogP contribution >= 0.6 is 15.9 Å². The molecule has 1 aromatic carbocycles. The number of hydrogen-bond acceptors (Lipinski definition) is 5. The Morgan fingerprint density at radius 1 is 1.39 bits per heavy atom. The number of amides is 1. The predicted molar refractivity (Wildman–Crippen MR) is 113 cm³/mol. The van der Waals surface area contributed by atoms with Crippen LogP contribution in [-0.4, -0.2) is 51.1 Å². The van der Waals surface area contributed by atoms with Crippen molar-refractivity contribution in [3.05, 3.63) is 22.2 Å². The summed E-state index contributed by atoms with van der Waals surface area (Å²) in [7, 11) is -3.93. The predicted octanol–water partition coefficient (Wildman–Crippen LogP) is 2.34. The monoisotopic (exact) mass is 469 g/mol. The third-order valence-corrected chi connectivity index (χ3v) is 7.11. The molecule has 3 rings (SSSR count). The van der Waals surface area contributed by atoms with Gasteiger partial charge in [0.15, 0.2) is 0 Å². The average molecular weight is 470 g/mol. The van der Waals surface area contributed by atoms with Gasteiger partial charge in [-0.3, -0.25) is 9.79 Å². The Labute approximate surface area is 173 Å². The molecule has 0 aliphatic carbocycles. The third-order valence-electron chi connectivity index (χ3n) is 4.83. The smallest absolute Gasteiger partial charge is 0.265 e. The summed E-state index contributed by atoms with van der Waals surface area (Å²) in [4.78, 5) is 17.8. The Kier molecular flexibility index (Phi) is 6.09. The number of hydrogen-bond donors (Lipinski definition) is 1. The van der Waals surface area contributed by atoms with Crippen LogP contribution in [0, 0.1) is 5.92 Å². The number of hydrazone groups is 1. The first-order valence-corrected chi connectivity index (χ1v) is 11.5. The van der Waals surface area contributed by atoms with Gasteiger partial charge in [0.1, 0.15) is 4.90 Å². The summed E-state index contributed by atoms with van der Waals surface area (Å²) in [6.45, 7) is 6.93. The van der Waals surface area contributed by atoms with Crippen LogP contribution in [0.1, 0.15) is 32.8 Å². The first-order chi connectivity index (χ1) is 13.3. The van der Waals surface area contributed by atoms with Gasteiger partial charge in [-0.15, -0.1) is 0 Å². The summed E-state index contributed by atoms with van der Waals surface area (Å²) < 4.78 is 29.3. The number of anilines is 1. The molecule has 0 saturated heterocycles. The van der Waals surface area contributed by atoms with Crippen molar-refractivity contribution < 1.29 is 13.2 Å². The standard InChI is InChI=1S/C18H24BrN5O3S/c1-4-13-10-21-24(11-13)18(20-5-2)22-28(26,27)17-9-16-14(8-15(17)19)6-7-23(16)12(3)25/h8-10,13H,4-7,11H2,1-3H3,(H,20,22). The molecule has 1 N–H and O–H groups in total. The molecule has 1 aromatic rings. The van der Waals surface area contributed by atoms with E-state index in [1.54, 1.807) is 22.0 Å². The fourth-order valence-electron chi connectivity index (χ4n) is 3.28. The minimum atomic E-state index is -3.93. The number of fused-ring (bicyclic) bond motifs is 1. The molecular weight excluding hydrogens is 446 g/mol. The minimum absolute atomic E-state index is 0.0680. The number of carbonyl (C=O) groups excluding carboxylic acids is 1. The van der Waals surface area contributed by atoms with Gasteiger partial charge >= 0.3 is 0 Å². The van der Waals surface area contributed by atoms with E-state index in [1.807, 2.05) is 13.1 Å². The number of guanidine groups is 1. The molecule has 0 fully saturated rings. The summed E-state index contributed by atoms with van der Waals surface area (Å²) in [5.74, 6) is 0.357. The molecule has 152 valence electrons. The summed E-state index contributed by atoms with van der Waals surface area (Å²) in [5, 5.41) is 5.87. The van der Waals surface area contributed by atoms with Crippen molar-refractivity contribution >= 4 is 49.7 Å². The number of rotatable bonds is 4. The van der Waals surface area contributed by atoms with Gasteiger partial charge in [0, 0.05) is 42.3 Å². The van der Waals surface area contributed by atoms with Gasteiger partial charge in [0.05, 0.1) is 6.54 Å². The third kappa shape index (κ3) is 4.07. The number of halogens is 1. The molecule has 0 aromatic heterocycles. The van der Waals surface area contributed by atoms with E-state index in [4.69, 9.17) is 0 Å². The van der Waals surface area contributed by atoms with Crippen molar-refractivity contribution in [2.24, 2.45) is 16.0 Å². The number of aliphatic imine (C=N–C) groups is 1. The molecule has 2 aliphatic rings. The van der Waals surface area contributed by atoms with Crippen molar-refractivity contribution in [2.75, 3.05) is 24.5 Å². The Morgan fingerprint density at radius 3 is 2.75 bits per heavy atom. The largest absolute Gasteiger partial charge is 0.312 e. The second kappa shape index (κ2) is 8.20.